The third-order valence-corrected chi connectivity index (χ3v) is 3.10. The van der Waals surface area contributed by atoms with Crippen LogP contribution in [0.5, 0.6) is 0 Å². The number of hydrogen-bond acceptors (Lipinski definition) is 4. The lowest BCUT2D eigenvalue weighted by atomic mass is 10.1. The number of nitrogens with zero attached hydrogens (tertiary/aromatic N) is 2. The smallest absolute Gasteiger partial charge is 0.228 e. The molecule has 96 valence electrons. The molecule has 5 nitrogen and oxygen atoms in total. The van der Waals surface area contributed by atoms with E-state index in [0.717, 1.165) is 28.2 Å². The molecular weight excluding hydrogens is 240 g/mol. The lowest BCUT2D eigenvalue weighted by Crippen LogP contribution is -2.07. The highest BCUT2D eigenvalue weighted by atomic mass is 16.1. The van der Waals surface area contributed by atoms with E-state index in [-0.39, 0.29) is 5.91 Å². The van der Waals surface area contributed by atoms with Crippen LogP contribution in [-0.4, -0.2) is 23.2 Å². The molecule has 0 radical (unpaired) electrons. The Hall–Kier alpha value is -2.27. The van der Waals surface area contributed by atoms with Crippen molar-refractivity contribution in [1.82, 2.24) is 15.5 Å². The molecule has 2 aromatic rings. The number of anilines is 1. The van der Waals surface area contributed by atoms with Crippen LogP contribution < -0.4 is 10.6 Å². The van der Waals surface area contributed by atoms with Gasteiger partial charge in [0.25, 0.3) is 0 Å². The zero-order valence-corrected chi connectivity index (χ0v) is 10.6. The Morgan fingerprint density at radius 1 is 1.26 bits per heavy atom. The summed E-state index contributed by atoms with van der Waals surface area (Å²) in [5.41, 5.74) is 4.63. The maximum atomic E-state index is 11.3. The van der Waals surface area contributed by atoms with Gasteiger partial charge in [-0.25, -0.2) is 0 Å². The molecule has 0 saturated carbocycles. The summed E-state index contributed by atoms with van der Waals surface area (Å²) in [4.78, 5) is 11.3. The van der Waals surface area contributed by atoms with Crippen LogP contribution in [0.4, 0.5) is 5.69 Å². The molecular formula is C14H14N4O. The molecule has 0 bridgehead atoms. The molecule has 5 heteroatoms. The minimum absolute atomic E-state index is 0.0441. The number of nitrogens with one attached hydrogen (secondary N) is 2. The largest absolute Gasteiger partial charge is 0.326 e. The molecule has 0 unspecified atom stereocenters. The fourth-order valence-electron chi connectivity index (χ4n) is 2.18. The fourth-order valence-corrected chi connectivity index (χ4v) is 2.18. The Labute approximate surface area is 111 Å². The van der Waals surface area contributed by atoms with Crippen LogP contribution in [0.2, 0.25) is 0 Å². The summed E-state index contributed by atoms with van der Waals surface area (Å²) in [5.74, 6) is 0.0441. The van der Waals surface area contributed by atoms with Gasteiger partial charge in [0, 0.05) is 17.8 Å². The second-order valence-electron chi connectivity index (χ2n) is 4.54. The molecule has 1 aromatic carbocycles. The molecule has 0 saturated heterocycles. The van der Waals surface area contributed by atoms with Crippen LogP contribution >= 0.6 is 0 Å². The van der Waals surface area contributed by atoms with E-state index in [4.69, 9.17) is 0 Å². The van der Waals surface area contributed by atoms with Gasteiger partial charge in [-0.05, 0) is 36.9 Å². The fraction of sp³-hybridized carbons (Fsp3) is 0.214. The Balaban J connectivity index is 1.90. The molecule has 0 spiro atoms. The van der Waals surface area contributed by atoms with E-state index in [1.54, 1.807) is 0 Å². The summed E-state index contributed by atoms with van der Waals surface area (Å²) < 4.78 is 0. The van der Waals surface area contributed by atoms with Crippen LogP contribution in [0.1, 0.15) is 11.3 Å². The third kappa shape index (κ3) is 2.32. The quantitative estimate of drug-likeness (QED) is 0.868. The first kappa shape index (κ1) is 11.8. The average molecular weight is 254 g/mol. The number of fused-ring (bicyclic) bond motifs is 1. The third-order valence-electron chi connectivity index (χ3n) is 3.10. The predicted octanol–water partition coefficient (Wildman–Crippen LogP) is 1.36. The van der Waals surface area contributed by atoms with E-state index in [9.17, 15) is 4.79 Å². The first-order valence-corrected chi connectivity index (χ1v) is 6.16. The van der Waals surface area contributed by atoms with Gasteiger partial charge in [-0.1, -0.05) is 6.07 Å². The van der Waals surface area contributed by atoms with Crippen LogP contribution in [0, 0.1) is 0 Å². The summed E-state index contributed by atoms with van der Waals surface area (Å²) >= 11 is 0. The molecule has 19 heavy (non-hydrogen) atoms. The highest BCUT2D eigenvalue weighted by Gasteiger charge is 2.17. The average Bonchev–Trinajstić information content (AvgIpc) is 2.79. The predicted molar refractivity (Wildman–Crippen MR) is 72.6 cm³/mol. The van der Waals surface area contributed by atoms with Crippen LogP contribution in [0.15, 0.2) is 30.3 Å². The maximum absolute atomic E-state index is 11.3. The summed E-state index contributed by atoms with van der Waals surface area (Å²) in [6, 6.07) is 9.76. The molecule has 0 atom stereocenters. The minimum Gasteiger partial charge on any atom is -0.326 e. The van der Waals surface area contributed by atoms with Crippen LogP contribution in [-0.2, 0) is 17.8 Å². The molecule has 1 aromatic heterocycles. The van der Waals surface area contributed by atoms with Gasteiger partial charge in [-0.3, -0.25) is 4.79 Å². The van der Waals surface area contributed by atoms with E-state index < -0.39 is 0 Å². The van der Waals surface area contributed by atoms with Gasteiger partial charge in [0.2, 0.25) is 5.91 Å². The Kier molecular flexibility index (Phi) is 2.97. The van der Waals surface area contributed by atoms with E-state index in [2.05, 4.69) is 20.8 Å². The number of aromatic nitrogens is 2. The number of carbonyl (C=O) groups is 1. The monoisotopic (exact) mass is 254 g/mol. The van der Waals surface area contributed by atoms with Crippen molar-refractivity contribution in [2.75, 3.05) is 12.4 Å². The maximum Gasteiger partial charge on any atom is 0.228 e. The van der Waals surface area contributed by atoms with Crippen molar-refractivity contribution in [2.45, 2.75) is 13.0 Å². The number of carbonyl (C=O) groups excluding carboxylic acids is 1. The number of rotatable bonds is 3. The van der Waals surface area contributed by atoms with Gasteiger partial charge >= 0.3 is 0 Å². The SMILES string of the molecule is CNCc1ccc(-c2ccc3c(c2)CC(=O)N3)nn1. The van der Waals surface area contributed by atoms with Gasteiger partial charge in [-0.15, -0.1) is 0 Å². The van der Waals surface area contributed by atoms with Gasteiger partial charge in [0.15, 0.2) is 0 Å². The van der Waals surface area contributed by atoms with Crippen molar-refractivity contribution >= 4 is 11.6 Å². The molecule has 1 aliphatic rings. The number of benzene rings is 1. The van der Waals surface area contributed by atoms with Crippen molar-refractivity contribution in [2.24, 2.45) is 0 Å². The highest BCUT2D eigenvalue weighted by molar-refractivity contribution is 5.99. The van der Waals surface area contributed by atoms with Gasteiger partial charge < -0.3 is 10.6 Å². The first-order valence-electron chi connectivity index (χ1n) is 6.16. The topological polar surface area (TPSA) is 66.9 Å². The van der Waals surface area contributed by atoms with Crippen molar-refractivity contribution in [3.63, 3.8) is 0 Å². The highest BCUT2D eigenvalue weighted by Crippen LogP contribution is 2.27. The number of amides is 1. The lowest BCUT2D eigenvalue weighted by molar-refractivity contribution is -0.115. The van der Waals surface area contributed by atoms with Crippen molar-refractivity contribution in [3.05, 3.63) is 41.6 Å². The number of hydrogen-bond donors (Lipinski definition) is 2. The zero-order chi connectivity index (χ0) is 13.2. The molecule has 1 amide bonds. The van der Waals surface area contributed by atoms with E-state index in [1.165, 1.54) is 0 Å². The van der Waals surface area contributed by atoms with E-state index in [1.807, 2.05) is 37.4 Å². The van der Waals surface area contributed by atoms with Crippen LogP contribution in [0.3, 0.4) is 0 Å². The first-order chi connectivity index (χ1) is 9.26. The molecule has 1 aliphatic heterocycles. The Morgan fingerprint density at radius 3 is 2.89 bits per heavy atom. The summed E-state index contributed by atoms with van der Waals surface area (Å²) in [7, 11) is 1.88. The standard InChI is InChI=1S/C14H14N4O/c1-15-8-11-3-5-13(18-17-11)9-2-4-12-10(6-9)7-14(19)16-12/h2-6,15H,7-8H2,1H3,(H,16,19). The second kappa shape index (κ2) is 4.78. The summed E-state index contributed by atoms with van der Waals surface area (Å²) in [6.45, 7) is 0.704. The van der Waals surface area contributed by atoms with Crippen molar-refractivity contribution in [3.8, 4) is 11.3 Å². The molecule has 2 heterocycles. The van der Waals surface area contributed by atoms with Gasteiger partial charge in [0.1, 0.15) is 0 Å². The second-order valence-corrected chi connectivity index (χ2v) is 4.54. The molecule has 2 N–H and O–H groups in total. The lowest BCUT2D eigenvalue weighted by Gasteiger charge is -2.04. The van der Waals surface area contributed by atoms with Crippen LogP contribution in [0.25, 0.3) is 11.3 Å². The molecule has 0 fully saturated rings. The summed E-state index contributed by atoms with van der Waals surface area (Å²) in [6.07, 6.45) is 0.439. The zero-order valence-electron chi connectivity index (χ0n) is 10.6. The summed E-state index contributed by atoms with van der Waals surface area (Å²) in [5, 5.41) is 14.2. The van der Waals surface area contributed by atoms with Crippen molar-refractivity contribution in [1.29, 1.82) is 0 Å². The molecule has 0 aliphatic carbocycles. The van der Waals surface area contributed by atoms with Gasteiger partial charge in [-0.2, -0.15) is 10.2 Å². The Bertz CT molecular complexity index is 622. The minimum atomic E-state index is 0.0441. The normalized spacial score (nSPS) is 13.2. The van der Waals surface area contributed by atoms with Crippen molar-refractivity contribution < 1.29 is 4.79 Å². The van der Waals surface area contributed by atoms with E-state index in [0.29, 0.717) is 13.0 Å². The van der Waals surface area contributed by atoms with E-state index >= 15 is 0 Å². The Morgan fingerprint density at radius 2 is 2.16 bits per heavy atom. The molecule has 3 rings (SSSR count). The van der Waals surface area contributed by atoms with Gasteiger partial charge in [0.05, 0.1) is 17.8 Å².